The molecule has 2 aliphatic rings. The summed E-state index contributed by atoms with van der Waals surface area (Å²) in [6, 6.07) is 10.4. The summed E-state index contributed by atoms with van der Waals surface area (Å²) < 4.78 is 0. The molecule has 1 aromatic carbocycles. The van der Waals surface area contributed by atoms with Crippen molar-refractivity contribution in [2.75, 3.05) is 13.1 Å². The highest BCUT2D eigenvalue weighted by Crippen LogP contribution is 2.46. The second-order valence-corrected chi connectivity index (χ2v) is 7.07. The van der Waals surface area contributed by atoms with Crippen LogP contribution < -0.4 is 0 Å². The van der Waals surface area contributed by atoms with Crippen LogP contribution in [0.15, 0.2) is 30.3 Å². The third-order valence-corrected chi connectivity index (χ3v) is 5.92. The molecule has 0 aromatic heterocycles. The van der Waals surface area contributed by atoms with Crippen LogP contribution in [0.4, 0.5) is 0 Å². The Labute approximate surface area is 129 Å². The number of hydrogen-bond acceptors (Lipinski definition) is 2. The number of nitrogens with zero attached hydrogens (tertiary/aromatic N) is 1. The van der Waals surface area contributed by atoms with Gasteiger partial charge in [-0.15, -0.1) is 0 Å². The van der Waals surface area contributed by atoms with Crippen molar-refractivity contribution in [2.24, 2.45) is 5.41 Å². The summed E-state index contributed by atoms with van der Waals surface area (Å²) in [5, 5.41) is 10.7. The average molecular weight is 287 g/mol. The van der Waals surface area contributed by atoms with Crippen molar-refractivity contribution in [3.05, 3.63) is 35.9 Å². The summed E-state index contributed by atoms with van der Waals surface area (Å²) in [6.45, 7) is 4.54. The zero-order chi connectivity index (χ0) is 14.7. The van der Waals surface area contributed by atoms with Gasteiger partial charge in [0.15, 0.2) is 0 Å². The summed E-state index contributed by atoms with van der Waals surface area (Å²) in [7, 11) is 0. The summed E-state index contributed by atoms with van der Waals surface area (Å²) >= 11 is 0. The van der Waals surface area contributed by atoms with Gasteiger partial charge in [0, 0.05) is 6.04 Å². The molecule has 2 heteroatoms. The first-order chi connectivity index (χ1) is 10.2. The first kappa shape index (κ1) is 15.1. The average Bonchev–Trinajstić information content (AvgIpc) is 2.99. The lowest BCUT2D eigenvalue weighted by Crippen LogP contribution is -2.46. The highest BCUT2D eigenvalue weighted by Gasteiger charge is 2.39. The van der Waals surface area contributed by atoms with Crippen molar-refractivity contribution in [1.82, 2.24) is 4.90 Å². The van der Waals surface area contributed by atoms with E-state index < -0.39 is 0 Å². The fourth-order valence-electron chi connectivity index (χ4n) is 4.51. The van der Waals surface area contributed by atoms with Crippen LogP contribution in [-0.2, 0) is 0 Å². The minimum absolute atomic E-state index is 0.270. The number of rotatable bonds is 4. The Balaban J connectivity index is 1.64. The van der Waals surface area contributed by atoms with Gasteiger partial charge in [0.25, 0.3) is 0 Å². The smallest absolute Gasteiger partial charge is 0.0945 e. The highest BCUT2D eigenvalue weighted by atomic mass is 16.3. The number of likely N-dealkylation sites (tertiary alicyclic amines) is 1. The van der Waals surface area contributed by atoms with Gasteiger partial charge in [-0.1, -0.05) is 50.1 Å². The Bertz CT molecular complexity index is 428. The van der Waals surface area contributed by atoms with Crippen molar-refractivity contribution in [3.63, 3.8) is 0 Å². The molecule has 2 unspecified atom stereocenters. The summed E-state index contributed by atoms with van der Waals surface area (Å²) in [5.74, 6) is 0. The number of hydrogen-bond donors (Lipinski definition) is 1. The largest absolute Gasteiger partial charge is 0.387 e. The van der Waals surface area contributed by atoms with Gasteiger partial charge in [-0.25, -0.2) is 0 Å². The van der Waals surface area contributed by atoms with Gasteiger partial charge >= 0.3 is 0 Å². The predicted octanol–water partition coefficient (Wildman–Crippen LogP) is 4.15. The van der Waals surface area contributed by atoms with Crippen LogP contribution >= 0.6 is 0 Å². The molecule has 1 aliphatic heterocycles. The quantitative estimate of drug-likeness (QED) is 0.899. The third-order valence-electron chi connectivity index (χ3n) is 5.92. The van der Waals surface area contributed by atoms with Crippen molar-refractivity contribution in [2.45, 2.75) is 64.0 Å². The van der Waals surface area contributed by atoms with E-state index in [2.05, 4.69) is 24.0 Å². The molecular weight excluding hydrogens is 258 g/mol. The van der Waals surface area contributed by atoms with E-state index >= 15 is 0 Å². The van der Waals surface area contributed by atoms with Gasteiger partial charge in [-0.3, -0.25) is 4.90 Å². The molecule has 1 saturated heterocycles. The Hall–Kier alpha value is -0.860. The van der Waals surface area contributed by atoms with Crippen molar-refractivity contribution < 1.29 is 5.11 Å². The molecule has 116 valence electrons. The second-order valence-electron chi connectivity index (χ2n) is 7.07. The van der Waals surface area contributed by atoms with Crippen molar-refractivity contribution in [3.8, 4) is 0 Å². The fourth-order valence-corrected chi connectivity index (χ4v) is 4.51. The van der Waals surface area contributed by atoms with E-state index in [1.54, 1.807) is 0 Å². The predicted molar refractivity (Wildman–Crippen MR) is 87.2 cm³/mol. The Morgan fingerprint density at radius 2 is 1.67 bits per heavy atom. The van der Waals surface area contributed by atoms with Crippen LogP contribution in [0.5, 0.6) is 0 Å². The van der Waals surface area contributed by atoms with Crippen LogP contribution in [0, 0.1) is 5.41 Å². The molecule has 2 atom stereocenters. The fraction of sp³-hybridized carbons (Fsp3) is 0.684. The number of aliphatic hydroxyl groups excluding tert-OH is 1. The molecule has 0 bridgehead atoms. The molecule has 1 N–H and O–H groups in total. The third kappa shape index (κ3) is 3.17. The van der Waals surface area contributed by atoms with E-state index in [0.717, 1.165) is 12.0 Å². The Morgan fingerprint density at radius 1 is 1.05 bits per heavy atom. The van der Waals surface area contributed by atoms with Gasteiger partial charge in [-0.05, 0) is 56.2 Å². The molecule has 1 saturated carbocycles. The molecular formula is C19H29NO. The lowest BCUT2D eigenvalue weighted by atomic mass is 9.76. The van der Waals surface area contributed by atoms with E-state index in [4.69, 9.17) is 0 Å². The number of piperidine rings is 1. The summed E-state index contributed by atoms with van der Waals surface area (Å²) in [5.41, 5.74) is 1.72. The Morgan fingerprint density at radius 3 is 2.24 bits per heavy atom. The lowest BCUT2D eigenvalue weighted by molar-refractivity contribution is 0.00657. The summed E-state index contributed by atoms with van der Waals surface area (Å²) in [4.78, 5) is 2.54. The highest BCUT2D eigenvalue weighted by molar-refractivity contribution is 5.19. The minimum Gasteiger partial charge on any atom is -0.387 e. The van der Waals surface area contributed by atoms with Crippen LogP contribution in [0.25, 0.3) is 0 Å². The molecule has 1 aromatic rings. The van der Waals surface area contributed by atoms with E-state index in [0.29, 0.717) is 5.41 Å². The van der Waals surface area contributed by atoms with Gasteiger partial charge in [-0.2, -0.15) is 0 Å². The van der Waals surface area contributed by atoms with Crippen LogP contribution in [0.1, 0.15) is 63.5 Å². The second kappa shape index (κ2) is 6.50. The molecule has 1 heterocycles. The van der Waals surface area contributed by atoms with Gasteiger partial charge in [0.1, 0.15) is 0 Å². The van der Waals surface area contributed by atoms with Crippen LogP contribution in [0.2, 0.25) is 0 Å². The van der Waals surface area contributed by atoms with Gasteiger partial charge < -0.3 is 5.11 Å². The van der Waals surface area contributed by atoms with Gasteiger partial charge in [0.05, 0.1) is 6.10 Å². The van der Waals surface area contributed by atoms with E-state index in [1.807, 2.05) is 18.2 Å². The maximum Gasteiger partial charge on any atom is 0.0945 e. The van der Waals surface area contributed by atoms with Crippen LogP contribution in [-0.4, -0.2) is 29.1 Å². The molecule has 2 fully saturated rings. The normalized spacial score (nSPS) is 25.0. The molecule has 21 heavy (non-hydrogen) atoms. The monoisotopic (exact) mass is 287 g/mol. The molecule has 1 spiro atoms. The topological polar surface area (TPSA) is 23.5 Å². The van der Waals surface area contributed by atoms with Crippen LogP contribution in [0.3, 0.4) is 0 Å². The molecule has 2 nitrogen and oxygen atoms in total. The molecule has 3 rings (SSSR count). The number of aliphatic hydroxyl groups is 1. The zero-order valence-corrected chi connectivity index (χ0v) is 13.3. The number of benzene rings is 1. The SMILES string of the molecule is CCC(C(O)c1ccccc1)N1CCC2(CCCC2)CC1. The first-order valence-electron chi connectivity index (χ1n) is 8.71. The van der Waals surface area contributed by atoms with E-state index in [1.165, 1.54) is 51.6 Å². The standard InChI is InChI=1S/C19H29NO/c1-2-17(18(21)16-8-4-3-5-9-16)20-14-12-19(13-15-20)10-6-7-11-19/h3-5,8-9,17-18,21H,2,6-7,10-15H2,1H3. The molecule has 1 aliphatic carbocycles. The molecule has 0 radical (unpaired) electrons. The zero-order valence-electron chi connectivity index (χ0n) is 13.3. The summed E-state index contributed by atoms with van der Waals surface area (Å²) in [6.07, 6.45) is 9.10. The van der Waals surface area contributed by atoms with Gasteiger partial charge in [0.2, 0.25) is 0 Å². The first-order valence-corrected chi connectivity index (χ1v) is 8.71. The molecule has 0 amide bonds. The van der Waals surface area contributed by atoms with Crippen molar-refractivity contribution >= 4 is 0 Å². The van der Waals surface area contributed by atoms with Crippen molar-refractivity contribution in [1.29, 1.82) is 0 Å². The van der Waals surface area contributed by atoms with E-state index in [-0.39, 0.29) is 12.1 Å². The Kier molecular flexibility index (Phi) is 4.66. The maximum atomic E-state index is 10.7. The maximum absolute atomic E-state index is 10.7. The minimum atomic E-state index is -0.353. The lowest BCUT2D eigenvalue weighted by Gasteiger charge is -2.44. The van der Waals surface area contributed by atoms with E-state index in [9.17, 15) is 5.11 Å².